The van der Waals surface area contributed by atoms with Crippen LogP contribution in [0.3, 0.4) is 0 Å². The average Bonchev–Trinajstić information content (AvgIpc) is 3.22. The van der Waals surface area contributed by atoms with Crippen molar-refractivity contribution >= 4 is 28.3 Å². The summed E-state index contributed by atoms with van der Waals surface area (Å²) < 4.78 is 2.01. The largest absolute Gasteiger partial charge is 0.371 e. The Bertz CT molecular complexity index is 960. The van der Waals surface area contributed by atoms with Crippen molar-refractivity contribution in [2.24, 2.45) is 0 Å². The lowest BCUT2D eigenvalue weighted by Crippen LogP contribution is -2.21. The lowest BCUT2D eigenvalue weighted by Gasteiger charge is -2.17. The predicted molar refractivity (Wildman–Crippen MR) is 106 cm³/mol. The topological polar surface area (TPSA) is 50.2 Å². The highest BCUT2D eigenvalue weighted by Crippen LogP contribution is 2.30. The number of imidazole rings is 1. The smallest absolute Gasteiger partial charge is 0.244 e. The molecule has 5 heteroatoms. The van der Waals surface area contributed by atoms with Gasteiger partial charge in [-0.3, -0.25) is 4.79 Å². The van der Waals surface area contributed by atoms with E-state index < -0.39 is 0 Å². The SMILES string of the molecule is CCc1nc2ccccc2n1CC(=O)Nc1ccc2c(c1)N(CC)CC2. The van der Waals surface area contributed by atoms with Crippen molar-refractivity contribution in [3.63, 3.8) is 0 Å². The molecule has 1 N–H and O–H groups in total. The second-order valence-electron chi connectivity index (χ2n) is 6.68. The second kappa shape index (κ2) is 6.83. The van der Waals surface area contributed by atoms with Crippen molar-refractivity contribution in [3.8, 4) is 0 Å². The molecule has 0 atom stereocenters. The first-order valence-corrected chi connectivity index (χ1v) is 9.31. The number of carbonyl (C=O) groups excluding carboxylic acids is 1. The first kappa shape index (κ1) is 16.6. The number of hydrogen-bond donors (Lipinski definition) is 1. The van der Waals surface area contributed by atoms with Crippen molar-refractivity contribution in [1.29, 1.82) is 0 Å². The summed E-state index contributed by atoms with van der Waals surface area (Å²) in [5.41, 5.74) is 5.40. The van der Waals surface area contributed by atoms with Gasteiger partial charge < -0.3 is 14.8 Å². The van der Waals surface area contributed by atoms with Crippen LogP contribution in [-0.2, 0) is 24.2 Å². The van der Waals surface area contributed by atoms with Crippen molar-refractivity contribution < 1.29 is 4.79 Å². The van der Waals surface area contributed by atoms with Gasteiger partial charge in [0, 0.05) is 30.9 Å². The van der Waals surface area contributed by atoms with E-state index in [0.29, 0.717) is 0 Å². The zero-order valence-electron chi connectivity index (χ0n) is 15.3. The number of nitrogens with zero attached hydrogens (tertiary/aromatic N) is 3. The summed E-state index contributed by atoms with van der Waals surface area (Å²) in [4.78, 5) is 19.7. The van der Waals surface area contributed by atoms with Gasteiger partial charge in [0.05, 0.1) is 11.0 Å². The van der Waals surface area contributed by atoms with Gasteiger partial charge in [-0.1, -0.05) is 25.1 Å². The zero-order valence-corrected chi connectivity index (χ0v) is 15.3. The van der Waals surface area contributed by atoms with Crippen LogP contribution in [0, 0.1) is 0 Å². The monoisotopic (exact) mass is 348 g/mol. The normalized spacial score (nSPS) is 13.2. The maximum atomic E-state index is 12.7. The van der Waals surface area contributed by atoms with Crippen LogP contribution in [0.1, 0.15) is 25.2 Å². The number of fused-ring (bicyclic) bond motifs is 2. The molecule has 0 saturated carbocycles. The second-order valence-corrected chi connectivity index (χ2v) is 6.68. The summed E-state index contributed by atoms with van der Waals surface area (Å²) in [6.45, 7) is 6.56. The molecule has 0 spiro atoms. The van der Waals surface area contributed by atoms with Crippen molar-refractivity contribution in [1.82, 2.24) is 9.55 Å². The molecular formula is C21H24N4O. The summed E-state index contributed by atoms with van der Waals surface area (Å²) in [5, 5.41) is 3.06. The summed E-state index contributed by atoms with van der Waals surface area (Å²) >= 11 is 0. The minimum atomic E-state index is -0.0242. The third kappa shape index (κ3) is 2.94. The number of para-hydroxylation sites is 2. The third-order valence-corrected chi connectivity index (χ3v) is 5.09. The number of aromatic nitrogens is 2. The fraction of sp³-hybridized carbons (Fsp3) is 0.333. The van der Waals surface area contributed by atoms with Gasteiger partial charge >= 0.3 is 0 Å². The highest BCUT2D eigenvalue weighted by atomic mass is 16.1. The van der Waals surface area contributed by atoms with Gasteiger partial charge in [-0.2, -0.15) is 0 Å². The fourth-order valence-corrected chi connectivity index (χ4v) is 3.77. The minimum absolute atomic E-state index is 0.0242. The fourth-order valence-electron chi connectivity index (χ4n) is 3.77. The number of aryl methyl sites for hydroxylation is 1. The molecule has 4 rings (SSSR count). The molecule has 1 aliphatic rings. The molecule has 5 nitrogen and oxygen atoms in total. The maximum absolute atomic E-state index is 12.7. The van der Waals surface area contributed by atoms with Gasteiger partial charge in [0.1, 0.15) is 12.4 Å². The number of carbonyl (C=O) groups is 1. The lowest BCUT2D eigenvalue weighted by molar-refractivity contribution is -0.116. The first-order chi connectivity index (χ1) is 12.7. The number of amides is 1. The Morgan fingerprint density at radius 3 is 2.85 bits per heavy atom. The highest BCUT2D eigenvalue weighted by Gasteiger charge is 2.18. The van der Waals surface area contributed by atoms with E-state index in [4.69, 9.17) is 0 Å². The third-order valence-electron chi connectivity index (χ3n) is 5.09. The maximum Gasteiger partial charge on any atom is 0.244 e. The van der Waals surface area contributed by atoms with Crippen LogP contribution in [0.5, 0.6) is 0 Å². The van der Waals surface area contributed by atoms with Gasteiger partial charge in [-0.05, 0) is 43.2 Å². The molecule has 3 aromatic rings. The summed E-state index contributed by atoms with van der Waals surface area (Å²) in [6.07, 6.45) is 1.88. The molecule has 0 bridgehead atoms. The Balaban J connectivity index is 1.55. The highest BCUT2D eigenvalue weighted by molar-refractivity contribution is 5.92. The quantitative estimate of drug-likeness (QED) is 0.766. The molecule has 0 unspecified atom stereocenters. The number of likely N-dealkylation sites (N-methyl/N-ethyl adjacent to an activating group) is 1. The molecule has 0 saturated heterocycles. The molecule has 26 heavy (non-hydrogen) atoms. The Labute approximate surface area is 153 Å². The molecule has 2 aromatic carbocycles. The van der Waals surface area contributed by atoms with Crippen LogP contribution in [-0.4, -0.2) is 28.5 Å². The first-order valence-electron chi connectivity index (χ1n) is 9.31. The predicted octanol–water partition coefficient (Wildman–Crippen LogP) is 3.62. The Hall–Kier alpha value is -2.82. The van der Waals surface area contributed by atoms with Crippen LogP contribution < -0.4 is 10.2 Å². The van der Waals surface area contributed by atoms with Crippen LogP contribution in [0.2, 0.25) is 0 Å². The molecule has 1 aromatic heterocycles. The van der Waals surface area contributed by atoms with Crippen LogP contribution in [0.4, 0.5) is 11.4 Å². The molecule has 1 aliphatic heterocycles. The van der Waals surface area contributed by atoms with E-state index in [1.807, 2.05) is 34.9 Å². The van der Waals surface area contributed by atoms with Crippen molar-refractivity contribution in [3.05, 3.63) is 53.9 Å². The van der Waals surface area contributed by atoms with Crippen LogP contribution >= 0.6 is 0 Å². The molecule has 134 valence electrons. The molecule has 0 aliphatic carbocycles. The van der Waals surface area contributed by atoms with Gasteiger partial charge in [0.2, 0.25) is 5.91 Å². The molecule has 0 radical (unpaired) electrons. The van der Waals surface area contributed by atoms with E-state index in [9.17, 15) is 4.79 Å². The van der Waals surface area contributed by atoms with Crippen molar-refractivity contribution in [2.75, 3.05) is 23.3 Å². The van der Waals surface area contributed by atoms with E-state index in [0.717, 1.165) is 48.5 Å². The summed E-state index contributed by atoms with van der Waals surface area (Å²) in [6, 6.07) is 14.2. The summed E-state index contributed by atoms with van der Waals surface area (Å²) in [7, 11) is 0. The molecule has 1 amide bonds. The minimum Gasteiger partial charge on any atom is -0.371 e. The lowest BCUT2D eigenvalue weighted by atomic mass is 10.1. The Kier molecular flexibility index (Phi) is 4.37. The van der Waals surface area contributed by atoms with Gasteiger partial charge in [-0.15, -0.1) is 0 Å². The number of hydrogen-bond acceptors (Lipinski definition) is 3. The van der Waals surface area contributed by atoms with E-state index in [-0.39, 0.29) is 12.5 Å². The Morgan fingerprint density at radius 1 is 1.19 bits per heavy atom. The number of nitrogens with one attached hydrogen (secondary N) is 1. The number of benzene rings is 2. The summed E-state index contributed by atoms with van der Waals surface area (Å²) in [5.74, 6) is 0.913. The van der Waals surface area contributed by atoms with E-state index in [2.05, 4.69) is 41.2 Å². The number of anilines is 2. The van der Waals surface area contributed by atoms with E-state index in [1.165, 1.54) is 11.3 Å². The zero-order chi connectivity index (χ0) is 18.1. The van der Waals surface area contributed by atoms with Crippen LogP contribution in [0.15, 0.2) is 42.5 Å². The van der Waals surface area contributed by atoms with Crippen molar-refractivity contribution in [2.45, 2.75) is 33.2 Å². The van der Waals surface area contributed by atoms with E-state index >= 15 is 0 Å². The average molecular weight is 348 g/mol. The van der Waals surface area contributed by atoms with E-state index in [1.54, 1.807) is 0 Å². The Morgan fingerprint density at radius 2 is 2.04 bits per heavy atom. The number of rotatable bonds is 5. The van der Waals surface area contributed by atoms with Gasteiger partial charge in [-0.25, -0.2) is 4.98 Å². The molecule has 0 fully saturated rings. The van der Waals surface area contributed by atoms with Gasteiger partial charge in [0.15, 0.2) is 0 Å². The van der Waals surface area contributed by atoms with Crippen LogP contribution in [0.25, 0.3) is 11.0 Å². The molecule has 2 heterocycles. The molecular weight excluding hydrogens is 324 g/mol. The standard InChI is InChI=1S/C21H24N4O/c1-3-20-23-17-7-5-6-8-18(17)25(20)14-21(26)22-16-10-9-15-11-12-24(4-2)19(15)13-16/h5-10,13H,3-4,11-12,14H2,1-2H3,(H,22,26). The van der Waals surface area contributed by atoms with Gasteiger partial charge in [0.25, 0.3) is 0 Å².